The normalized spacial score (nSPS) is 10.2. The second-order valence-corrected chi connectivity index (χ2v) is 3.57. The zero-order valence-electron chi connectivity index (χ0n) is 8.86. The summed E-state index contributed by atoms with van der Waals surface area (Å²) in [5.74, 6) is -0.444. The predicted octanol–water partition coefficient (Wildman–Crippen LogP) is 3.39. The minimum Gasteiger partial charge on any atom is -0.493 e. The molecule has 0 aliphatic heterocycles. The summed E-state index contributed by atoms with van der Waals surface area (Å²) >= 11 is 5.65. The Morgan fingerprint density at radius 1 is 1.60 bits per heavy atom. The fourth-order valence-corrected chi connectivity index (χ4v) is 1.58. The predicted molar refractivity (Wildman–Crippen MR) is 57.3 cm³/mol. The molecule has 0 aliphatic rings. The Labute approximate surface area is 93.0 Å². The van der Waals surface area contributed by atoms with Crippen LogP contribution in [0.3, 0.4) is 0 Å². The summed E-state index contributed by atoms with van der Waals surface area (Å²) in [6.45, 7) is 5.09. The number of carbonyl (C=O) groups is 1. The molecule has 1 aromatic rings. The summed E-state index contributed by atoms with van der Waals surface area (Å²) < 4.78 is 18.7. The smallest absolute Gasteiger partial charge is 0.163 e. The lowest BCUT2D eigenvalue weighted by atomic mass is 10.1. The molecule has 0 atom stereocenters. The van der Waals surface area contributed by atoms with Crippen LogP contribution in [-0.4, -0.2) is 12.4 Å². The third-order valence-electron chi connectivity index (χ3n) is 2.06. The Kier molecular flexibility index (Phi) is 3.69. The van der Waals surface area contributed by atoms with Crippen molar-refractivity contribution in [1.82, 2.24) is 0 Å². The van der Waals surface area contributed by atoms with E-state index in [0.717, 1.165) is 0 Å². The number of hydrogen-bond acceptors (Lipinski definition) is 2. The lowest BCUT2D eigenvalue weighted by Gasteiger charge is -2.12. The molecule has 0 heterocycles. The van der Waals surface area contributed by atoms with Crippen LogP contribution in [0.4, 0.5) is 4.39 Å². The lowest BCUT2D eigenvalue weighted by Crippen LogP contribution is -2.04. The van der Waals surface area contributed by atoms with Crippen LogP contribution in [0.15, 0.2) is 6.07 Å². The minimum atomic E-state index is -0.537. The summed E-state index contributed by atoms with van der Waals surface area (Å²) in [4.78, 5) is 11.3. The van der Waals surface area contributed by atoms with Gasteiger partial charge in [-0.1, -0.05) is 11.6 Å². The SMILES string of the molecule is CCOc1c(C(C)=O)cc(Cl)c(F)c1C. The summed E-state index contributed by atoms with van der Waals surface area (Å²) in [5, 5.41) is -0.0545. The highest BCUT2D eigenvalue weighted by Crippen LogP contribution is 2.31. The van der Waals surface area contributed by atoms with E-state index < -0.39 is 5.82 Å². The summed E-state index contributed by atoms with van der Waals surface area (Å²) in [6.07, 6.45) is 0. The number of Topliss-reactive ketones (excluding diaryl/α,β-unsaturated/α-hetero) is 1. The van der Waals surface area contributed by atoms with Crippen molar-refractivity contribution in [3.05, 3.63) is 28.0 Å². The first-order chi connectivity index (χ1) is 6.99. The third-order valence-corrected chi connectivity index (χ3v) is 2.34. The van der Waals surface area contributed by atoms with E-state index in [2.05, 4.69) is 0 Å². The Morgan fingerprint density at radius 3 is 2.67 bits per heavy atom. The fraction of sp³-hybridized carbons (Fsp3) is 0.364. The molecule has 0 amide bonds. The molecular formula is C11H12ClFO2. The largest absolute Gasteiger partial charge is 0.493 e. The van der Waals surface area contributed by atoms with Gasteiger partial charge in [-0.05, 0) is 26.8 Å². The van der Waals surface area contributed by atoms with Crippen LogP contribution in [0, 0.1) is 12.7 Å². The number of rotatable bonds is 3. The second-order valence-electron chi connectivity index (χ2n) is 3.16. The van der Waals surface area contributed by atoms with Gasteiger partial charge < -0.3 is 4.74 Å². The quantitative estimate of drug-likeness (QED) is 0.744. The molecule has 0 saturated carbocycles. The topological polar surface area (TPSA) is 26.3 Å². The van der Waals surface area contributed by atoms with Gasteiger partial charge in [0.25, 0.3) is 0 Å². The first-order valence-corrected chi connectivity index (χ1v) is 4.99. The number of benzene rings is 1. The zero-order valence-corrected chi connectivity index (χ0v) is 9.61. The molecule has 0 spiro atoms. The van der Waals surface area contributed by atoms with E-state index in [1.54, 1.807) is 13.8 Å². The Bertz CT molecular complexity index is 402. The highest BCUT2D eigenvalue weighted by Gasteiger charge is 2.17. The van der Waals surface area contributed by atoms with Gasteiger partial charge in [-0.2, -0.15) is 0 Å². The van der Waals surface area contributed by atoms with E-state index >= 15 is 0 Å². The van der Waals surface area contributed by atoms with E-state index in [4.69, 9.17) is 16.3 Å². The van der Waals surface area contributed by atoms with Gasteiger partial charge in [-0.3, -0.25) is 4.79 Å². The monoisotopic (exact) mass is 230 g/mol. The molecule has 0 unspecified atom stereocenters. The third kappa shape index (κ3) is 2.29. The van der Waals surface area contributed by atoms with Crippen molar-refractivity contribution in [2.75, 3.05) is 6.61 Å². The molecule has 82 valence electrons. The fourth-order valence-electron chi connectivity index (χ4n) is 1.33. The molecule has 15 heavy (non-hydrogen) atoms. The van der Waals surface area contributed by atoms with E-state index in [1.807, 2.05) is 0 Å². The molecule has 0 aliphatic carbocycles. The van der Waals surface area contributed by atoms with Gasteiger partial charge in [0.05, 0.1) is 17.2 Å². The molecular weight excluding hydrogens is 219 g/mol. The van der Waals surface area contributed by atoms with Gasteiger partial charge in [0.15, 0.2) is 5.78 Å². The molecule has 0 saturated heterocycles. The highest BCUT2D eigenvalue weighted by molar-refractivity contribution is 6.31. The molecule has 1 rings (SSSR count). The van der Waals surface area contributed by atoms with Crippen molar-refractivity contribution in [3.63, 3.8) is 0 Å². The number of hydrogen-bond donors (Lipinski definition) is 0. The van der Waals surface area contributed by atoms with Crippen molar-refractivity contribution < 1.29 is 13.9 Å². The molecule has 2 nitrogen and oxygen atoms in total. The minimum absolute atomic E-state index is 0.0545. The van der Waals surface area contributed by atoms with Crippen molar-refractivity contribution in [3.8, 4) is 5.75 Å². The number of carbonyl (C=O) groups excluding carboxylic acids is 1. The van der Waals surface area contributed by atoms with Gasteiger partial charge in [0, 0.05) is 5.56 Å². The lowest BCUT2D eigenvalue weighted by molar-refractivity contribution is 0.101. The molecule has 0 radical (unpaired) electrons. The van der Waals surface area contributed by atoms with Crippen LogP contribution in [0.25, 0.3) is 0 Å². The molecule has 1 aromatic carbocycles. The van der Waals surface area contributed by atoms with Crippen LogP contribution in [-0.2, 0) is 0 Å². The maximum atomic E-state index is 13.4. The van der Waals surface area contributed by atoms with Gasteiger partial charge in [-0.15, -0.1) is 0 Å². The summed E-state index contributed by atoms with van der Waals surface area (Å²) in [5.41, 5.74) is 0.593. The number of halogens is 2. The van der Waals surface area contributed by atoms with E-state index in [9.17, 15) is 9.18 Å². The van der Waals surface area contributed by atoms with E-state index in [1.165, 1.54) is 13.0 Å². The van der Waals surface area contributed by atoms with Crippen molar-refractivity contribution in [1.29, 1.82) is 0 Å². The van der Waals surface area contributed by atoms with Gasteiger partial charge in [-0.25, -0.2) is 4.39 Å². The van der Waals surface area contributed by atoms with Gasteiger partial charge in [0.1, 0.15) is 11.6 Å². The van der Waals surface area contributed by atoms with Crippen LogP contribution in [0.5, 0.6) is 5.75 Å². The highest BCUT2D eigenvalue weighted by atomic mass is 35.5. The van der Waals surface area contributed by atoms with Crippen molar-refractivity contribution in [2.45, 2.75) is 20.8 Å². The number of ether oxygens (including phenoxy) is 1. The Morgan fingerprint density at radius 2 is 2.20 bits per heavy atom. The summed E-state index contributed by atoms with van der Waals surface area (Å²) in [6, 6.07) is 1.30. The Hall–Kier alpha value is -1.09. The molecule has 0 aromatic heterocycles. The first-order valence-electron chi connectivity index (χ1n) is 4.61. The van der Waals surface area contributed by atoms with Crippen LogP contribution in [0.1, 0.15) is 29.8 Å². The maximum absolute atomic E-state index is 13.4. The van der Waals surface area contributed by atoms with Crippen LogP contribution in [0.2, 0.25) is 5.02 Å². The summed E-state index contributed by atoms with van der Waals surface area (Å²) in [7, 11) is 0. The Balaban J connectivity index is 3.43. The molecule has 0 fully saturated rings. The van der Waals surface area contributed by atoms with Gasteiger partial charge in [0.2, 0.25) is 0 Å². The molecule has 4 heteroatoms. The van der Waals surface area contributed by atoms with Crippen LogP contribution >= 0.6 is 11.6 Å². The van der Waals surface area contributed by atoms with Crippen LogP contribution < -0.4 is 4.74 Å². The van der Waals surface area contributed by atoms with Crippen molar-refractivity contribution in [2.24, 2.45) is 0 Å². The average Bonchev–Trinajstić information content (AvgIpc) is 2.18. The number of ketones is 1. The van der Waals surface area contributed by atoms with E-state index in [0.29, 0.717) is 12.2 Å². The first kappa shape index (κ1) is 12.0. The zero-order chi connectivity index (χ0) is 11.6. The second kappa shape index (κ2) is 4.62. The maximum Gasteiger partial charge on any atom is 0.163 e. The van der Waals surface area contributed by atoms with Gasteiger partial charge >= 0.3 is 0 Å². The van der Waals surface area contributed by atoms with E-state index in [-0.39, 0.29) is 22.1 Å². The molecule has 0 bridgehead atoms. The van der Waals surface area contributed by atoms with Crippen molar-refractivity contribution >= 4 is 17.4 Å². The standard InChI is InChI=1S/C11H12ClFO2/c1-4-15-11-6(2)10(13)9(12)5-8(11)7(3)14/h5H,4H2,1-3H3. The molecule has 0 N–H and O–H groups in total. The average molecular weight is 231 g/mol.